The van der Waals surface area contributed by atoms with Crippen LogP contribution in [0.2, 0.25) is 0 Å². The minimum absolute atomic E-state index is 0.0514. The summed E-state index contributed by atoms with van der Waals surface area (Å²) in [7, 11) is 0. The van der Waals surface area contributed by atoms with Gasteiger partial charge in [0, 0.05) is 5.56 Å². The van der Waals surface area contributed by atoms with E-state index in [-0.39, 0.29) is 5.56 Å². The van der Waals surface area contributed by atoms with Gasteiger partial charge in [0.15, 0.2) is 0 Å². The second-order valence-electron chi connectivity index (χ2n) is 3.78. The van der Waals surface area contributed by atoms with Crippen molar-refractivity contribution < 1.29 is 30.7 Å². The molecule has 0 atom stereocenters. The average molecular weight is 286 g/mol. The van der Waals surface area contributed by atoms with Gasteiger partial charge in [0.2, 0.25) is 0 Å². The van der Waals surface area contributed by atoms with Crippen molar-refractivity contribution in [3.05, 3.63) is 41.5 Å². The molecule has 0 aliphatic rings. The molecule has 0 aliphatic heterocycles. The summed E-state index contributed by atoms with van der Waals surface area (Å²) in [4.78, 5) is 0. The van der Waals surface area contributed by atoms with Crippen LogP contribution in [0.15, 0.2) is 30.3 Å². The van der Waals surface area contributed by atoms with E-state index in [4.69, 9.17) is 0 Å². The standard InChI is InChI=1S/C12H9F7/c1-2-4-8-5-3-6-9(7-8)10(13,11(14,15)16)12(17,18)19/h2-7H,1H3. The van der Waals surface area contributed by atoms with Crippen molar-refractivity contribution in [3.8, 4) is 0 Å². The third-order valence-corrected chi connectivity index (χ3v) is 2.42. The molecule has 106 valence electrons. The van der Waals surface area contributed by atoms with Crippen LogP contribution >= 0.6 is 0 Å². The van der Waals surface area contributed by atoms with Gasteiger partial charge in [-0.05, 0) is 18.6 Å². The predicted molar refractivity (Wildman–Crippen MR) is 56.0 cm³/mol. The van der Waals surface area contributed by atoms with Crippen molar-refractivity contribution in [1.82, 2.24) is 0 Å². The first kappa shape index (κ1) is 15.5. The monoisotopic (exact) mass is 286 g/mol. The molecule has 0 radical (unpaired) electrons. The molecule has 19 heavy (non-hydrogen) atoms. The number of halogens is 7. The Morgan fingerprint density at radius 1 is 0.895 bits per heavy atom. The average Bonchev–Trinajstić information content (AvgIpc) is 2.25. The van der Waals surface area contributed by atoms with Crippen LogP contribution in [0, 0.1) is 0 Å². The van der Waals surface area contributed by atoms with Crippen molar-refractivity contribution in [2.45, 2.75) is 24.9 Å². The molecular weight excluding hydrogens is 277 g/mol. The van der Waals surface area contributed by atoms with E-state index in [0.717, 1.165) is 6.07 Å². The summed E-state index contributed by atoms with van der Waals surface area (Å²) in [5.41, 5.74) is -6.81. The smallest absolute Gasteiger partial charge is 0.218 e. The first-order valence-electron chi connectivity index (χ1n) is 5.09. The molecule has 0 unspecified atom stereocenters. The zero-order valence-electron chi connectivity index (χ0n) is 9.61. The van der Waals surface area contributed by atoms with Gasteiger partial charge in [0.05, 0.1) is 0 Å². The molecule has 0 heterocycles. The Morgan fingerprint density at radius 2 is 1.42 bits per heavy atom. The maximum atomic E-state index is 13.7. The zero-order chi connectivity index (χ0) is 14.9. The lowest BCUT2D eigenvalue weighted by Gasteiger charge is -2.30. The number of benzene rings is 1. The van der Waals surface area contributed by atoms with Crippen molar-refractivity contribution in [2.24, 2.45) is 0 Å². The molecular formula is C12H9F7. The lowest BCUT2D eigenvalue weighted by molar-refractivity contribution is -0.348. The second kappa shape index (κ2) is 4.86. The maximum absolute atomic E-state index is 13.7. The van der Waals surface area contributed by atoms with Crippen LogP contribution in [-0.2, 0) is 5.67 Å². The Balaban J connectivity index is 3.47. The highest BCUT2D eigenvalue weighted by Crippen LogP contribution is 2.53. The molecule has 1 aromatic carbocycles. The highest BCUT2D eigenvalue weighted by molar-refractivity contribution is 5.51. The molecule has 0 aromatic heterocycles. The van der Waals surface area contributed by atoms with E-state index in [1.54, 1.807) is 0 Å². The summed E-state index contributed by atoms with van der Waals surface area (Å²) in [5.74, 6) is 0. The molecule has 1 rings (SSSR count). The summed E-state index contributed by atoms with van der Waals surface area (Å²) < 4.78 is 88.6. The van der Waals surface area contributed by atoms with Gasteiger partial charge < -0.3 is 0 Å². The first-order chi connectivity index (χ1) is 8.54. The largest absolute Gasteiger partial charge is 0.435 e. The van der Waals surface area contributed by atoms with Crippen LogP contribution in [0.5, 0.6) is 0 Å². The molecule has 0 spiro atoms. The number of allylic oxidation sites excluding steroid dienone is 1. The molecule has 0 amide bonds. The van der Waals surface area contributed by atoms with Gasteiger partial charge >= 0.3 is 18.0 Å². The van der Waals surface area contributed by atoms with E-state index in [0.29, 0.717) is 12.1 Å². The van der Waals surface area contributed by atoms with E-state index in [9.17, 15) is 30.7 Å². The van der Waals surface area contributed by atoms with E-state index in [2.05, 4.69) is 0 Å². The Labute approximate surface area is 104 Å². The van der Waals surface area contributed by atoms with Gasteiger partial charge in [-0.3, -0.25) is 0 Å². The van der Waals surface area contributed by atoms with Crippen molar-refractivity contribution in [3.63, 3.8) is 0 Å². The Hall–Kier alpha value is -1.53. The summed E-state index contributed by atoms with van der Waals surface area (Å²) >= 11 is 0. The van der Waals surface area contributed by atoms with E-state index in [1.165, 1.54) is 25.1 Å². The van der Waals surface area contributed by atoms with Gasteiger partial charge in [-0.2, -0.15) is 26.3 Å². The number of rotatable bonds is 2. The maximum Gasteiger partial charge on any atom is 0.435 e. The summed E-state index contributed by atoms with van der Waals surface area (Å²) in [6.45, 7) is 1.53. The fourth-order valence-electron chi connectivity index (χ4n) is 1.54. The van der Waals surface area contributed by atoms with Gasteiger partial charge in [-0.1, -0.05) is 30.4 Å². The van der Waals surface area contributed by atoms with Crippen molar-refractivity contribution in [1.29, 1.82) is 0 Å². The third kappa shape index (κ3) is 2.74. The van der Waals surface area contributed by atoms with Crippen LogP contribution < -0.4 is 0 Å². The topological polar surface area (TPSA) is 0 Å². The normalized spacial score (nSPS) is 14.1. The van der Waals surface area contributed by atoms with Crippen LogP contribution in [0.4, 0.5) is 30.7 Å². The Morgan fingerprint density at radius 3 is 1.84 bits per heavy atom. The highest BCUT2D eigenvalue weighted by atomic mass is 19.4. The lowest BCUT2D eigenvalue weighted by atomic mass is 9.92. The SMILES string of the molecule is CC=Cc1cccc(C(F)(C(F)(F)F)C(F)(F)F)c1. The fourth-order valence-corrected chi connectivity index (χ4v) is 1.54. The van der Waals surface area contributed by atoms with E-state index < -0.39 is 23.6 Å². The molecule has 0 saturated carbocycles. The minimum atomic E-state index is -6.08. The molecule has 0 nitrogen and oxygen atoms in total. The Kier molecular flexibility index (Phi) is 3.97. The fraction of sp³-hybridized carbons (Fsp3) is 0.333. The molecule has 1 aromatic rings. The predicted octanol–water partition coefficient (Wildman–Crippen LogP) is 5.01. The molecule has 0 bridgehead atoms. The molecule has 0 fully saturated rings. The molecule has 7 heteroatoms. The summed E-state index contributed by atoms with van der Waals surface area (Å²) in [5, 5.41) is 0. The molecule has 0 saturated heterocycles. The van der Waals surface area contributed by atoms with Crippen LogP contribution in [0.1, 0.15) is 18.1 Å². The minimum Gasteiger partial charge on any atom is -0.218 e. The van der Waals surface area contributed by atoms with Crippen LogP contribution in [0.3, 0.4) is 0 Å². The number of hydrogen-bond acceptors (Lipinski definition) is 0. The van der Waals surface area contributed by atoms with E-state index in [1.807, 2.05) is 0 Å². The second-order valence-corrected chi connectivity index (χ2v) is 3.78. The number of alkyl halides is 7. The van der Waals surface area contributed by atoms with Gasteiger partial charge in [0.25, 0.3) is 0 Å². The Bertz CT molecular complexity index is 454. The number of hydrogen-bond donors (Lipinski definition) is 0. The molecule has 0 N–H and O–H groups in total. The van der Waals surface area contributed by atoms with Crippen molar-refractivity contribution >= 4 is 6.08 Å². The lowest BCUT2D eigenvalue weighted by Crippen LogP contribution is -2.50. The van der Waals surface area contributed by atoms with Gasteiger partial charge in [0.1, 0.15) is 0 Å². The van der Waals surface area contributed by atoms with Crippen molar-refractivity contribution in [2.75, 3.05) is 0 Å². The summed E-state index contributed by atoms with van der Waals surface area (Å²) in [6, 6.07) is 3.21. The van der Waals surface area contributed by atoms with Crippen LogP contribution in [0.25, 0.3) is 6.08 Å². The quantitative estimate of drug-likeness (QED) is 0.670. The molecule has 0 aliphatic carbocycles. The first-order valence-corrected chi connectivity index (χ1v) is 5.09. The summed E-state index contributed by atoms with van der Waals surface area (Å²) in [6.07, 6.45) is -9.48. The van der Waals surface area contributed by atoms with Gasteiger partial charge in [-0.25, -0.2) is 4.39 Å². The third-order valence-electron chi connectivity index (χ3n) is 2.42. The highest BCUT2D eigenvalue weighted by Gasteiger charge is 2.73. The van der Waals surface area contributed by atoms with Gasteiger partial charge in [-0.15, -0.1) is 0 Å². The van der Waals surface area contributed by atoms with Crippen LogP contribution in [-0.4, -0.2) is 12.4 Å². The van der Waals surface area contributed by atoms with E-state index >= 15 is 0 Å². The zero-order valence-corrected chi connectivity index (χ0v) is 9.61.